The predicted octanol–water partition coefficient (Wildman–Crippen LogP) is 1.12. The molecule has 7 heteroatoms. The highest BCUT2D eigenvalue weighted by Gasteiger charge is 2.11. The number of rotatable bonds is 2. The maximum absolute atomic E-state index is 11.9. The van der Waals surface area contributed by atoms with Gasteiger partial charge in [-0.1, -0.05) is 23.7 Å². The summed E-state index contributed by atoms with van der Waals surface area (Å²) in [4.78, 5) is 29.8. The molecular formula is C13H11ClN4O2. The fraction of sp³-hybridized carbons (Fsp3) is 0.154. The number of aromatic amines is 1. The summed E-state index contributed by atoms with van der Waals surface area (Å²) in [5.41, 5.74) is 0.760. The van der Waals surface area contributed by atoms with Gasteiger partial charge >= 0.3 is 5.69 Å². The molecule has 3 aromatic rings. The van der Waals surface area contributed by atoms with Crippen LogP contribution in [0.15, 0.2) is 40.2 Å². The van der Waals surface area contributed by atoms with Crippen LogP contribution in [0, 0.1) is 0 Å². The smallest absolute Gasteiger partial charge is 0.320 e. The number of benzene rings is 1. The fourth-order valence-electron chi connectivity index (χ4n) is 2.14. The van der Waals surface area contributed by atoms with Crippen LogP contribution in [0.5, 0.6) is 0 Å². The first-order valence-electron chi connectivity index (χ1n) is 5.95. The molecule has 0 atom stereocenters. The zero-order chi connectivity index (χ0) is 14.3. The number of fused-ring (bicyclic) bond motifs is 1. The summed E-state index contributed by atoms with van der Waals surface area (Å²) >= 11 is 5.94. The number of H-pyrrole nitrogens is 1. The van der Waals surface area contributed by atoms with Crippen molar-refractivity contribution in [1.82, 2.24) is 19.1 Å². The third-order valence-corrected chi connectivity index (χ3v) is 3.35. The highest BCUT2D eigenvalue weighted by Crippen LogP contribution is 2.13. The molecule has 0 bridgehead atoms. The summed E-state index contributed by atoms with van der Waals surface area (Å²) in [6, 6.07) is 7.36. The van der Waals surface area contributed by atoms with Gasteiger partial charge in [0.1, 0.15) is 0 Å². The minimum absolute atomic E-state index is 0.362. The van der Waals surface area contributed by atoms with Gasteiger partial charge in [0.25, 0.3) is 5.56 Å². The molecule has 20 heavy (non-hydrogen) atoms. The van der Waals surface area contributed by atoms with Crippen molar-refractivity contribution in [2.75, 3.05) is 0 Å². The molecule has 3 rings (SSSR count). The van der Waals surface area contributed by atoms with Crippen LogP contribution in [0.2, 0.25) is 5.02 Å². The summed E-state index contributed by atoms with van der Waals surface area (Å²) in [7, 11) is 1.57. The Hall–Kier alpha value is -2.34. The van der Waals surface area contributed by atoms with E-state index in [-0.39, 0.29) is 0 Å². The van der Waals surface area contributed by atoms with E-state index in [1.807, 2.05) is 18.2 Å². The third-order valence-electron chi connectivity index (χ3n) is 3.12. The molecule has 2 heterocycles. The standard InChI is InChI=1S/C13H11ClN4O2/c1-17-11-10(12(19)16-13(17)20)18(7-15-11)6-8-3-2-4-9(14)5-8/h2-5,7H,6H2,1H3,(H,16,19,20). The molecule has 2 aromatic heterocycles. The summed E-state index contributed by atoms with van der Waals surface area (Å²) < 4.78 is 3.00. The molecule has 0 unspecified atom stereocenters. The molecule has 1 N–H and O–H groups in total. The third kappa shape index (κ3) is 2.04. The van der Waals surface area contributed by atoms with Crippen LogP contribution in [0.1, 0.15) is 5.56 Å². The van der Waals surface area contributed by atoms with Crippen molar-refractivity contribution in [2.45, 2.75) is 6.54 Å². The SMILES string of the molecule is Cn1c(=O)[nH]c(=O)c2c1ncn2Cc1cccc(Cl)c1. The number of imidazole rings is 1. The number of aryl methyl sites for hydroxylation is 1. The Balaban J connectivity index is 2.16. The lowest BCUT2D eigenvalue weighted by Crippen LogP contribution is -2.29. The van der Waals surface area contributed by atoms with E-state index in [4.69, 9.17) is 11.6 Å². The van der Waals surface area contributed by atoms with Crippen LogP contribution >= 0.6 is 11.6 Å². The maximum Gasteiger partial charge on any atom is 0.329 e. The first-order valence-corrected chi connectivity index (χ1v) is 6.32. The van der Waals surface area contributed by atoms with E-state index >= 15 is 0 Å². The molecule has 1 aromatic carbocycles. The minimum Gasteiger partial charge on any atom is -0.320 e. The Kier molecular flexibility index (Phi) is 2.94. The number of nitrogens with one attached hydrogen (secondary N) is 1. The Bertz CT molecular complexity index is 907. The lowest BCUT2D eigenvalue weighted by molar-refractivity contribution is 0.806. The van der Waals surface area contributed by atoms with Gasteiger partial charge in [-0.15, -0.1) is 0 Å². The molecule has 0 amide bonds. The summed E-state index contributed by atoms with van der Waals surface area (Å²) in [5.74, 6) is 0. The second-order valence-corrected chi connectivity index (χ2v) is 4.93. The minimum atomic E-state index is -0.476. The molecule has 0 spiro atoms. The monoisotopic (exact) mass is 290 g/mol. The second kappa shape index (κ2) is 4.64. The van der Waals surface area contributed by atoms with Crippen LogP contribution in [-0.4, -0.2) is 19.1 Å². The van der Waals surface area contributed by atoms with Crippen LogP contribution in [-0.2, 0) is 13.6 Å². The molecule has 0 radical (unpaired) electrons. The molecule has 0 saturated carbocycles. The first-order chi connectivity index (χ1) is 9.56. The highest BCUT2D eigenvalue weighted by molar-refractivity contribution is 6.30. The van der Waals surface area contributed by atoms with Gasteiger partial charge in [-0.25, -0.2) is 9.78 Å². The van der Waals surface area contributed by atoms with Gasteiger partial charge in [0.2, 0.25) is 0 Å². The van der Waals surface area contributed by atoms with Gasteiger partial charge in [0, 0.05) is 18.6 Å². The van der Waals surface area contributed by atoms with Crippen molar-refractivity contribution in [3.05, 3.63) is 62.0 Å². The van der Waals surface area contributed by atoms with Crippen molar-refractivity contribution in [2.24, 2.45) is 7.05 Å². The summed E-state index contributed by atoms with van der Waals surface area (Å²) in [6.45, 7) is 0.457. The van der Waals surface area contributed by atoms with Crippen LogP contribution in [0.4, 0.5) is 0 Å². The number of halogens is 1. The molecule has 0 aliphatic carbocycles. The Morgan fingerprint density at radius 2 is 2.15 bits per heavy atom. The summed E-state index contributed by atoms with van der Waals surface area (Å²) in [5, 5.41) is 0.633. The average molecular weight is 291 g/mol. The van der Waals surface area contributed by atoms with Gasteiger partial charge in [0.05, 0.1) is 6.33 Å². The zero-order valence-electron chi connectivity index (χ0n) is 10.6. The maximum atomic E-state index is 11.9. The van der Waals surface area contributed by atoms with Gasteiger partial charge in [-0.05, 0) is 17.7 Å². The average Bonchev–Trinajstić information content (AvgIpc) is 2.80. The molecule has 0 aliphatic rings. The van der Waals surface area contributed by atoms with Gasteiger partial charge in [-0.3, -0.25) is 14.3 Å². The predicted molar refractivity (Wildman–Crippen MR) is 76.1 cm³/mol. The van der Waals surface area contributed by atoms with E-state index in [1.54, 1.807) is 24.0 Å². The lowest BCUT2D eigenvalue weighted by atomic mass is 10.2. The topological polar surface area (TPSA) is 72.7 Å². The van der Waals surface area contributed by atoms with E-state index in [0.717, 1.165) is 5.56 Å². The lowest BCUT2D eigenvalue weighted by Gasteiger charge is -2.05. The second-order valence-electron chi connectivity index (χ2n) is 4.49. The Morgan fingerprint density at radius 1 is 1.35 bits per heavy atom. The number of hydrogen-bond donors (Lipinski definition) is 1. The molecular weight excluding hydrogens is 280 g/mol. The van der Waals surface area contributed by atoms with Crippen molar-refractivity contribution in [3.63, 3.8) is 0 Å². The largest absolute Gasteiger partial charge is 0.329 e. The van der Waals surface area contributed by atoms with E-state index in [2.05, 4.69) is 9.97 Å². The Morgan fingerprint density at radius 3 is 2.90 bits per heavy atom. The van der Waals surface area contributed by atoms with Gasteiger partial charge < -0.3 is 4.57 Å². The number of nitrogens with zero attached hydrogens (tertiary/aromatic N) is 3. The van der Waals surface area contributed by atoms with Crippen LogP contribution < -0.4 is 11.2 Å². The first kappa shape index (κ1) is 12.7. The Labute approximate surface area is 118 Å². The quantitative estimate of drug-likeness (QED) is 0.769. The normalized spacial score (nSPS) is 11.1. The zero-order valence-corrected chi connectivity index (χ0v) is 11.4. The fourth-order valence-corrected chi connectivity index (χ4v) is 2.35. The molecule has 0 aliphatic heterocycles. The molecule has 0 saturated heterocycles. The molecule has 0 fully saturated rings. The van der Waals surface area contributed by atoms with E-state index in [9.17, 15) is 9.59 Å². The van der Waals surface area contributed by atoms with Crippen molar-refractivity contribution >= 4 is 22.8 Å². The van der Waals surface area contributed by atoms with Gasteiger partial charge in [-0.2, -0.15) is 0 Å². The highest BCUT2D eigenvalue weighted by atomic mass is 35.5. The molecule has 6 nitrogen and oxygen atoms in total. The van der Waals surface area contributed by atoms with E-state index < -0.39 is 11.2 Å². The van der Waals surface area contributed by atoms with Crippen molar-refractivity contribution < 1.29 is 0 Å². The molecule has 102 valence electrons. The van der Waals surface area contributed by atoms with Crippen LogP contribution in [0.25, 0.3) is 11.2 Å². The number of hydrogen-bond acceptors (Lipinski definition) is 3. The number of aromatic nitrogens is 4. The van der Waals surface area contributed by atoms with Crippen LogP contribution in [0.3, 0.4) is 0 Å². The van der Waals surface area contributed by atoms with Crippen molar-refractivity contribution in [3.8, 4) is 0 Å². The van der Waals surface area contributed by atoms with E-state index in [1.165, 1.54) is 4.57 Å². The van der Waals surface area contributed by atoms with Crippen molar-refractivity contribution in [1.29, 1.82) is 0 Å². The van der Waals surface area contributed by atoms with Gasteiger partial charge in [0.15, 0.2) is 11.2 Å². The summed E-state index contributed by atoms with van der Waals surface area (Å²) in [6.07, 6.45) is 1.54. The van der Waals surface area contributed by atoms with E-state index in [0.29, 0.717) is 22.7 Å².